The molecule has 1 fully saturated rings. The van der Waals surface area contributed by atoms with Crippen LogP contribution >= 0.6 is 0 Å². The smallest absolute Gasteiger partial charge is 0.270 e. The number of hydrogen-bond acceptors (Lipinski definition) is 5. The first-order chi connectivity index (χ1) is 13.0. The number of methoxy groups -OCH3 is 1. The highest BCUT2D eigenvalue weighted by Crippen LogP contribution is 2.20. The molecule has 0 N–H and O–H groups in total. The first-order valence-corrected chi connectivity index (χ1v) is 9.07. The Balaban J connectivity index is 1.67. The minimum atomic E-state index is -0.152. The van der Waals surface area contributed by atoms with Crippen LogP contribution in [0.4, 0.5) is 0 Å². The molecule has 1 aromatic carbocycles. The minimum Gasteiger partial charge on any atom is -0.496 e. The lowest BCUT2D eigenvalue weighted by Gasteiger charge is -2.25. The summed E-state index contributed by atoms with van der Waals surface area (Å²) >= 11 is 0. The van der Waals surface area contributed by atoms with Gasteiger partial charge in [-0.15, -0.1) is 0 Å². The summed E-state index contributed by atoms with van der Waals surface area (Å²) in [5, 5.41) is 5.33. The van der Waals surface area contributed by atoms with E-state index in [0.717, 1.165) is 0 Å². The van der Waals surface area contributed by atoms with Gasteiger partial charge in [-0.05, 0) is 18.6 Å². The van der Waals surface area contributed by atoms with E-state index in [-0.39, 0.29) is 17.7 Å². The molecule has 0 atom stereocenters. The Morgan fingerprint density at radius 2 is 1.67 bits per heavy atom. The molecule has 8 heteroatoms. The van der Waals surface area contributed by atoms with Crippen molar-refractivity contribution >= 4 is 23.4 Å². The van der Waals surface area contributed by atoms with Gasteiger partial charge in [0.1, 0.15) is 11.5 Å². The van der Waals surface area contributed by atoms with Crippen LogP contribution in [0.1, 0.15) is 29.6 Å². The molecule has 0 aromatic heterocycles. The van der Waals surface area contributed by atoms with Gasteiger partial charge in [0.2, 0.25) is 5.91 Å². The summed E-state index contributed by atoms with van der Waals surface area (Å²) in [4.78, 5) is 40.6. The number of rotatable bonds is 3. The van der Waals surface area contributed by atoms with Gasteiger partial charge in [0, 0.05) is 46.1 Å². The maximum absolute atomic E-state index is 12.9. The molecule has 2 aliphatic heterocycles. The third-order valence-corrected chi connectivity index (χ3v) is 4.86. The van der Waals surface area contributed by atoms with Gasteiger partial charge in [0.05, 0.1) is 12.7 Å². The summed E-state index contributed by atoms with van der Waals surface area (Å²) in [5.74, 6) is 0.211. The number of hydrazone groups is 1. The van der Waals surface area contributed by atoms with Gasteiger partial charge in [0.25, 0.3) is 11.8 Å². The Morgan fingerprint density at radius 1 is 1.00 bits per heavy atom. The molecule has 3 amide bonds. The molecule has 0 saturated carbocycles. The molecule has 2 heterocycles. The van der Waals surface area contributed by atoms with E-state index in [9.17, 15) is 14.4 Å². The Bertz CT molecular complexity index is 777. The number of ether oxygens (including phenoxy) is 1. The van der Waals surface area contributed by atoms with Crippen LogP contribution in [-0.2, 0) is 9.59 Å². The van der Waals surface area contributed by atoms with E-state index in [1.165, 1.54) is 5.01 Å². The number of carbonyl (C=O) groups is 3. The number of hydrogen-bond donors (Lipinski definition) is 0. The zero-order valence-electron chi connectivity index (χ0n) is 15.7. The Kier molecular flexibility index (Phi) is 5.73. The standard InChI is InChI=1S/C19H24N4O4/c1-21-17(24)9-8-15(20-21)19(26)23-11-5-10-22(12-13-23)18(25)14-6-3-4-7-16(14)27-2/h3-4,6-7H,5,8-13H2,1-2H3. The Hall–Kier alpha value is -2.90. The summed E-state index contributed by atoms with van der Waals surface area (Å²) in [7, 11) is 3.10. The summed E-state index contributed by atoms with van der Waals surface area (Å²) in [6.45, 7) is 2.03. The van der Waals surface area contributed by atoms with E-state index < -0.39 is 0 Å². The van der Waals surface area contributed by atoms with E-state index >= 15 is 0 Å². The van der Waals surface area contributed by atoms with Crippen molar-refractivity contribution in [2.24, 2.45) is 5.10 Å². The van der Waals surface area contributed by atoms with Crippen molar-refractivity contribution in [1.29, 1.82) is 0 Å². The van der Waals surface area contributed by atoms with Crippen LogP contribution in [0.5, 0.6) is 5.75 Å². The third kappa shape index (κ3) is 4.10. The van der Waals surface area contributed by atoms with Crippen molar-refractivity contribution in [3.8, 4) is 5.75 Å². The van der Waals surface area contributed by atoms with Crippen LogP contribution in [-0.4, -0.2) is 78.6 Å². The van der Waals surface area contributed by atoms with Crippen LogP contribution in [0.25, 0.3) is 0 Å². The maximum Gasteiger partial charge on any atom is 0.270 e. The molecular weight excluding hydrogens is 348 g/mol. The fourth-order valence-corrected chi connectivity index (χ4v) is 3.32. The first-order valence-electron chi connectivity index (χ1n) is 9.07. The SMILES string of the molecule is COc1ccccc1C(=O)N1CCCN(C(=O)C2=NN(C)C(=O)CC2)CC1. The van der Waals surface area contributed by atoms with Crippen molar-refractivity contribution in [2.45, 2.75) is 19.3 Å². The topological polar surface area (TPSA) is 82.5 Å². The van der Waals surface area contributed by atoms with Crippen LogP contribution in [0, 0.1) is 0 Å². The fraction of sp³-hybridized carbons (Fsp3) is 0.474. The highest BCUT2D eigenvalue weighted by molar-refractivity contribution is 6.39. The van der Waals surface area contributed by atoms with E-state index in [1.807, 2.05) is 12.1 Å². The predicted molar refractivity (Wildman–Crippen MR) is 99.5 cm³/mol. The van der Waals surface area contributed by atoms with Gasteiger partial charge in [-0.1, -0.05) is 12.1 Å². The largest absolute Gasteiger partial charge is 0.496 e. The molecule has 2 aliphatic rings. The van der Waals surface area contributed by atoms with E-state index in [4.69, 9.17) is 4.74 Å². The van der Waals surface area contributed by atoms with Crippen LogP contribution in [0.15, 0.2) is 29.4 Å². The van der Waals surface area contributed by atoms with Crippen molar-refractivity contribution in [1.82, 2.24) is 14.8 Å². The number of para-hydroxylation sites is 1. The summed E-state index contributed by atoms with van der Waals surface area (Å²) < 4.78 is 5.29. The number of nitrogens with zero attached hydrogens (tertiary/aromatic N) is 4. The molecular formula is C19H24N4O4. The molecule has 0 aliphatic carbocycles. The highest BCUT2D eigenvalue weighted by atomic mass is 16.5. The summed E-state index contributed by atoms with van der Waals surface area (Å²) in [6.07, 6.45) is 1.35. The second-order valence-corrected chi connectivity index (χ2v) is 6.60. The second kappa shape index (κ2) is 8.20. The van der Waals surface area contributed by atoms with E-state index in [0.29, 0.717) is 62.5 Å². The van der Waals surface area contributed by atoms with Gasteiger partial charge in [-0.25, -0.2) is 5.01 Å². The monoisotopic (exact) mass is 372 g/mol. The molecule has 0 spiro atoms. The third-order valence-electron chi connectivity index (χ3n) is 4.86. The first kappa shape index (κ1) is 18.9. The molecule has 0 radical (unpaired) electrons. The lowest BCUT2D eigenvalue weighted by atomic mass is 10.1. The molecule has 0 unspecified atom stereocenters. The van der Waals surface area contributed by atoms with Crippen LogP contribution in [0.2, 0.25) is 0 Å². The zero-order valence-corrected chi connectivity index (χ0v) is 15.7. The lowest BCUT2D eigenvalue weighted by Crippen LogP contribution is -2.42. The average Bonchev–Trinajstić information content (AvgIpc) is 2.95. The van der Waals surface area contributed by atoms with Crippen molar-refractivity contribution in [3.63, 3.8) is 0 Å². The maximum atomic E-state index is 12.9. The molecule has 1 saturated heterocycles. The van der Waals surface area contributed by atoms with E-state index in [1.54, 1.807) is 36.1 Å². The summed E-state index contributed by atoms with van der Waals surface area (Å²) in [6, 6.07) is 7.14. The minimum absolute atomic E-state index is 0.0870. The number of benzene rings is 1. The van der Waals surface area contributed by atoms with Gasteiger partial charge in [-0.2, -0.15) is 5.10 Å². The number of carbonyl (C=O) groups excluding carboxylic acids is 3. The quantitative estimate of drug-likeness (QED) is 0.792. The van der Waals surface area contributed by atoms with Crippen LogP contribution in [0.3, 0.4) is 0 Å². The van der Waals surface area contributed by atoms with Gasteiger partial charge < -0.3 is 14.5 Å². The molecule has 3 rings (SSSR count). The van der Waals surface area contributed by atoms with Gasteiger partial charge >= 0.3 is 0 Å². The normalized spacial score (nSPS) is 18.1. The summed E-state index contributed by atoms with van der Waals surface area (Å²) in [5.41, 5.74) is 0.929. The van der Waals surface area contributed by atoms with Crippen LogP contribution < -0.4 is 4.74 Å². The Labute approximate surface area is 158 Å². The fourth-order valence-electron chi connectivity index (χ4n) is 3.32. The molecule has 8 nitrogen and oxygen atoms in total. The lowest BCUT2D eigenvalue weighted by molar-refractivity contribution is -0.130. The predicted octanol–water partition coefficient (Wildman–Crippen LogP) is 0.978. The molecule has 1 aromatic rings. The molecule has 27 heavy (non-hydrogen) atoms. The van der Waals surface area contributed by atoms with Gasteiger partial charge in [-0.3, -0.25) is 14.4 Å². The van der Waals surface area contributed by atoms with Crippen molar-refractivity contribution in [2.75, 3.05) is 40.3 Å². The highest BCUT2D eigenvalue weighted by Gasteiger charge is 2.29. The second-order valence-electron chi connectivity index (χ2n) is 6.60. The Morgan fingerprint density at radius 3 is 2.33 bits per heavy atom. The average molecular weight is 372 g/mol. The van der Waals surface area contributed by atoms with E-state index in [2.05, 4.69) is 5.10 Å². The number of amides is 3. The van der Waals surface area contributed by atoms with Crippen molar-refractivity contribution < 1.29 is 19.1 Å². The van der Waals surface area contributed by atoms with Crippen molar-refractivity contribution in [3.05, 3.63) is 29.8 Å². The molecule has 144 valence electrons. The van der Waals surface area contributed by atoms with Gasteiger partial charge in [0.15, 0.2) is 0 Å². The molecule has 0 bridgehead atoms. The zero-order chi connectivity index (χ0) is 19.4.